The summed E-state index contributed by atoms with van der Waals surface area (Å²) in [5.74, 6) is 1.11. The summed E-state index contributed by atoms with van der Waals surface area (Å²) in [5.41, 5.74) is 6.28. The van der Waals surface area contributed by atoms with Gasteiger partial charge in [-0.2, -0.15) is 4.31 Å². The summed E-state index contributed by atoms with van der Waals surface area (Å²) < 4.78 is 25.0. The van der Waals surface area contributed by atoms with E-state index in [1.54, 1.807) is 0 Å². The van der Waals surface area contributed by atoms with Crippen LogP contribution in [0.5, 0.6) is 0 Å². The highest BCUT2D eigenvalue weighted by molar-refractivity contribution is 7.88. The third-order valence-electron chi connectivity index (χ3n) is 6.04. The van der Waals surface area contributed by atoms with E-state index < -0.39 is 10.0 Å². The van der Waals surface area contributed by atoms with Crippen LogP contribution < -0.4 is 11.1 Å². The average molecular weight is 343 g/mol. The summed E-state index contributed by atoms with van der Waals surface area (Å²) in [5, 5.41) is 3.01. The number of fused-ring (bicyclic) bond motifs is 2. The molecule has 3 N–H and O–H groups in total. The molecule has 0 spiro atoms. The van der Waals surface area contributed by atoms with E-state index in [1.165, 1.54) is 17.0 Å². The van der Waals surface area contributed by atoms with Gasteiger partial charge in [0.15, 0.2) is 0 Å². The quantitative estimate of drug-likeness (QED) is 0.785. The third kappa shape index (κ3) is 3.72. The van der Waals surface area contributed by atoms with E-state index >= 15 is 0 Å². The molecule has 1 aliphatic heterocycles. The van der Waals surface area contributed by atoms with Gasteiger partial charge in [-0.3, -0.25) is 4.79 Å². The maximum absolute atomic E-state index is 12.5. The number of nitrogens with zero attached hydrogens (tertiary/aromatic N) is 1. The molecule has 132 valence electrons. The molecule has 7 heteroatoms. The van der Waals surface area contributed by atoms with Gasteiger partial charge in [-0.15, -0.1) is 0 Å². The third-order valence-corrected chi connectivity index (χ3v) is 7.38. The largest absolute Gasteiger partial charge is 0.354 e. The van der Waals surface area contributed by atoms with Crippen molar-refractivity contribution in [2.75, 3.05) is 19.3 Å². The van der Waals surface area contributed by atoms with Crippen molar-refractivity contribution in [2.45, 2.75) is 57.0 Å². The lowest BCUT2D eigenvalue weighted by molar-refractivity contribution is -0.128. The van der Waals surface area contributed by atoms with Crippen molar-refractivity contribution in [3.63, 3.8) is 0 Å². The molecule has 1 heterocycles. The fraction of sp³-hybridized carbons (Fsp3) is 0.938. The van der Waals surface area contributed by atoms with Gasteiger partial charge in [-0.05, 0) is 50.4 Å². The SMILES string of the molecule is CS(=O)(=O)N1CCC[C@@H]1CNC(=O)C1CC2CCCC(C1)C2N. The van der Waals surface area contributed by atoms with Crippen molar-refractivity contribution in [3.8, 4) is 0 Å². The van der Waals surface area contributed by atoms with Gasteiger partial charge in [-0.25, -0.2) is 8.42 Å². The lowest BCUT2D eigenvalue weighted by Crippen LogP contribution is -2.50. The molecule has 2 bridgehead atoms. The minimum absolute atomic E-state index is 0.0539. The molecule has 1 amide bonds. The molecule has 3 aliphatic rings. The molecule has 1 saturated heterocycles. The van der Waals surface area contributed by atoms with Crippen LogP contribution in [0.3, 0.4) is 0 Å². The lowest BCUT2D eigenvalue weighted by atomic mass is 9.65. The van der Waals surface area contributed by atoms with Crippen molar-refractivity contribution in [1.82, 2.24) is 9.62 Å². The predicted octanol–water partition coefficient (Wildman–Crippen LogP) is 0.680. The van der Waals surface area contributed by atoms with E-state index in [0.717, 1.165) is 38.5 Å². The van der Waals surface area contributed by atoms with Crippen LogP contribution in [0.2, 0.25) is 0 Å². The van der Waals surface area contributed by atoms with E-state index in [-0.39, 0.29) is 23.9 Å². The molecule has 0 radical (unpaired) electrons. The van der Waals surface area contributed by atoms with Crippen molar-refractivity contribution in [2.24, 2.45) is 23.5 Å². The minimum Gasteiger partial charge on any atom is -0.354 e. The molecule has 0 aromatic rings. The van der Waals surface area contributed by atoms with Crippen LogP contribution in [0.25, 0.3) is 0 Å². The molecule has 2 saturated carbocycles. The van der Waals surface area contributed by atoms with Crippen LogP contribution in [0.4, 0.5) is 0 Å². The molecule has 6 nitrogen and oxygen atoms in total. The molecule has 3 atom stereocenters. The zero-order valence-electron chi connectivity index (χ0n) is 13.9. The molecule has 0 aromatic carbocycles. The lowest BCUT2D eigenvalue weighted by Gasteiger charge is -2.43. The van der Waals surface area contributed by atoms with Gasteiger partial charge in [0.05, 0.1) is 6.26 Å². The van der Waals surface area contributed by atoms with Gasteiger partial charge in [0, 0.05) is 31.1 Å². The van der Waals surface area contributed by atoms with Crippen LogP contribution in [0.1, 0.15) is 44.9 Å². The maximum atomic E-state index is 12.5. The normalized spacial score (nSPS) is 38.4. The first-order valence-electron chi connectivity index (χ1n) is 8.86. The highest BCUT2D eigenvalue weighted by Gasteiger charge is 2.41. The molecular formula is C16H29N3O3S. The maximum Gasteiger partial charge on any atom is 0.223 e. The topological polar surface area (TPSA) is 92.5 Å². The number of carbonyl (C=O) groups excluding carboxylic acids is 1. The summed E-state index contributed by atoms with van der Waals surface area (Å²) in [6.45, 7) is 1.01. The first kappa shape index (κ1) is 17.2. The van der Waals surface area contributed by atoms with E-state index in [4.69, 9.17) is 5.73 Å². The number of nitrogens with two attached hydrogens (primary N) is 1. The molecule has 0 aromatic heterocycles. The fourth-order valence-corrected chi connectivity index (χ4v) is 6.00. The van der Waals surface area contributed by atoms with Crippen molar-refractivity contribution >= 4 is 15.9 Å². The zero-order valence-corrected chi connectivity index (χ0v) is 14.7. The molecule has 3 rings (SSSR count). The van der Waals surface area contributed by atoms with Crippen LogP contribution in [-0.2, 0) is 14.8 Å². The number of rotatable bonds is 4. The number of nitrogens with one attached hydrogen (secondary N) is 1. The fourth-order valence-electron chi connectivity index (χ4n) is 4.82. The average Bonchev–Trinajstić information content (AvgIpc) is 2.93. The highest BCUT2D eigenvalue weighted by Crippen LogP contribution is 2.41. The summed E-state index contributed by atoms with van der Waals surface area (Å²) in [7, 11) is -3.18. The van der Waals surface area contributed by atoms with Gasteiger partial charge in [0.2, 0.25) is 15.9 Å². The van der Waals surface area contributed by atoms with E-state index in [1.807, 2.05) is 0 Å². The summed E-state index contributed by atoms with van der Waals surface area (Å²) >= 11 is 0. The van der Waals surface area contributed by atoms with Gasteiger partial charge in [0.25, 0.3) is 0 Å². The number of hydrogen-bond acceptors (Lipinski definition) is 4. The first-order valence-corrected chi connectivity index (χ1v) is 10.7. The van der Waals surface area contributed by atoms with Gasteiger partial charge in [-0.1, -0.05) is 6.42 Å². The van der Waals surface area contributed by atoms with Gasteiger partial charge < -0.3 is 11.1 Å². The summed E-state index contributed by atoms with van der Waals surface area (Å²) in [6.07, 6.45) is 8.26. The van der Waals surface area contributed by atoms with Gasteiger partial charge in [0.1, 0.15) is 0 Å². The number of carbonyl (C=O) groups is 1. The van der Waals surface area contributed by atoms with E-state index in [2.05, 4.69) is 5.32 Å². The molecule has 2 aliphatic carbocycles. The van der Waals surface area contributed by atoms with Crippen LogP contribution in [0, 0.1) is 17.8 Å². The Bertz CT molecular complexity index is 537. The first-order chi connectivity index (χ1) is 10.9. The van der Waals surface area contributed by atoms with Crippen LogP contribution in [-0.4, -0.2) is 50.1 Å². The summed E-state index contributed by atoms with van der Waals surface area (Å²) in [6, 6.07) is 0.183. The highest BCUT2D eigenvalue weighted by atomic mass is 32.2. The molecular weight excluding hydrogens is 314 g/mol. The van der Waals surface area contributed by atoms with E-state index in [0.29, 0.717) is 24.9 Å². The van der Waals surface area contributed by atoms with Crippen molar-refractivity contribution < 1.29 is 13.2 Å². The van der Waals surface area contributed by atoms with Crippen molar-refractivity contribution in [3.05, 3.63) is 0 Å². The number of sulfonamides is 1. The van der Waals surface area contributed by atoms with E-state index in [9.17, 15) is 13.2 Å². The van der Waals surface area contributed by atoms with Crippen molar-refractivity contribution in [1.29, 1.82) is 0 Å². The van der Waals surface area contributed by atoms with Gasteiger partial charge >= 0.3 is 0 Å². The summed E-state index contributed by atoms with van der Waals surface area (Å²) in [4.78, 5) is 12.5. The second-order valence-electron chi connectivity index (χ2n) is 7.61. The Labute approximate surface area is 139 Å². The van der Waals surface area contributed by atoms with Crippen LogP contribution >= 0.6 is 0 Å². The number of hydrogen-bond donors (Lipinski definition) is 2. The second-order valence-corrected chi connectivity index (χ2v) is 9.55. The minimum atomic E-state index is -3.18. The zero-order chi connectivity index (χ0) is 16.6. The smallest absolute Gasteiger partial charge is 0.223 e. The molecule has 3 fully saturated rings. The number of amides is 1. The Morgan fingerprint density at radius 1 is 1.17 bits per heavy atom. The predicted molar refractivity (Wildman–Crippen MR) is 89.1 cm³/mol. The monoisotopic (exact) mass is 343 g/mol. The Morgan fingerprint density at radius 3 is 2.43 bits per heavy atom. The molecule has 2 unspecified atom stereocenters. The Kier molecular flexibility index (Phi) is 4.99. The Balaban J connectivity index is 1.54. The van der Waals surface area contributed by atoms with Crippen LogP contribution in [0.15, 0.2) is 0 Å². The second kappa shape index (κ2) is 6.69. The standard InChI is InChI=1S/C16H29N3O3S/c1-23(21,22)19-7-3-6-14(19)10-18-16(20)13-8-11-4-2-5-12(9-13)15(11)17/h11-15H,2-10,17H2,1H3,(H,18,20)/t11?,12?,13?,14-,15?/m1/s1. The Hall–Kier alpha value is -0.660. The molecule has 23 heavy (non-hydrogen) atoms. The Morgan fingerprint density at radius 2 is 1.83 bits per heavy atom.